The van der Waals surface area contributed by atoms with Crippen molar-refractivity contribution in [3.63, 3.8) is 0 Å². The van der Waals surface area contributed by atoms with Crippen molar-refractivity contribution in [3.8, 4) is 0 Å². The lowest BCUT2D eigenvalue weighted by atomic mass is 10.1. The van der Waals surface area contributed by atoms with Crippen LogP contribution in [0.1, 0.15) is 36.7 Å². The van der Waals surface area contributed by atoms with E-state index in [0.29, 0.717) is 11.1 Å². The van der Waals surface area contributed by atoms with Crippen molar-refractivity contribution in [2.24, 2.45) is 0 Å². The fraction of sp³-hybridized carbons (Fsp3) is 0.455. The third-order valence-corrected chi connectivity index (χ3v) is 2.97. The molecule has 0 amide bonds. The quantitative estimate of drug-likeness (QED) is 0.744. The van der Waals surface area contributed by atoms with Crippen molar-refractivity contribution in [2.75, 3.05) is 0 Å². The van der Waals surface area contributed by atoms with Gasteiger partial charge in [0.1, 0.15) is 0 Å². The van der Waals surface area contributed by atoms with Gasteiger partial charge in [0.25, 0.3) is 0 Å². The molecule has 2 aromatic rings. The molecule has 0 saturated heterocycles. The van der Waals surface area contributed by atoms with Crippen LogP contribution in [0.3, 0.4) is 0 Å². The highest BCUT2D eigenvalue weighted by atomic mass is 35.5. The Kier molecular flexibility index (Phi) is 2.43. The molecule has 0 radical (unpaired) electrons. The standard InChI is InChI=1S/C11H14ClN3/c1-6(2)9-5-10-13-7(3)8(4)15(10)14-11(9)12/h5-6H,1-4H3. The molecule has 80 valence electrons. The maximum atomic E-state index is 6.12. The molecule has 2 heterocycles. The van der Waals surface area contributed by atoms with E-state index in [0.717, 1.165) is 22.6 Å². The minimum absolute atomic E-state index is 0.368. The van der Waals surface area contributed by atoms with Gasteiger partial charge in [-0.3, -0.25) is 0 Å². The van der Waals surface area contributed by atoms with E-state index >= 15 is 0 Å². The lowest BCUT2D eigenvalue weighted by Crippen LogP contribution is -1.99. The smallest absolute Gasteiger partial charge is 0.154 e. The molecule has 0 unspecified atom stereocenters. The molecule has 0 N–H and O–H groups in total. The lowest BCUT2D eigenvalue weighted by molar-refractivity contribution is 0.820. The number of halogens is 1. The maximum absolute atomic E-state index is 6.12. The molecule has 15 heavy (non-hydrogen) atoms. The van der Waals surface area contributed by atoms with Crippen LogP contribution in [0.4, 0.5) is 0 Å². The third kappa shape index (κ3) is 1.61. The van der Waals surface area contributed by atoms with Crippen molar-refractivity contribution in [1.29, 1.82) is 0 Å². The van der Waals surface area contributed by atoms with Gasteiger partial charge in [0.05, 0.1) is 11.4 Å². The van der Waals surface area contributed by atoms with Crippen molar-refractivity contribution in [1.82, 2.24) is 14.6 Å². The summed E-state index contributed by atoms with van der Waals surface area (Å²) in [6, 6.07) is 2.01. The highest BCUT2D eigenvalue weighted by Gasteiger charge is 2.12. The Morgan fingerprint density at radius 1 is 1.33 bits per heavy atom. The zero-order valence-electron chi connectivity index (χ0n) is 9.37. The van der Waals surface area contributed by atoms with Gasteiger partial charge in [-0.1, -0.05) is 25.4 Å². The normalized spacial score (nSPS) is 11.6. The molecular formula is C11H14ClN3. The van der Waals surface area contributed by atoms with Gasteiger partial charge < -0.3 is 0 Å². The fourth-order valence-electron chi connectivity index (χ4n) is 1.59. The van der Waals surface area contributed by atoms with Crippen LogP contribution in [-0.2, 0) is 0 Å². The number of aromatic nitrogens is 3. The first kappa shape index (κ1) is 10.4. The van der Waals surface area contributed by atoms with E-state index in [9.17, 15) is 0 Å². The topological polar surface area (TPSA) is 30.2 Å². The van der Waals surface area contributed by atoms with Gasteiger partial charge in [-0.05, 0) is 31.4 Å². The summed E-state index contributed by atoms with van der Waals surface area (Å²) >= 11 is 6.12. The highest BCUT2D eigenvalue weighted by Crippen LogP contribution is 2.24. The van der Waals surface area contributed by atoms with Crippen molar-refractivity contribution >= 4 is 17.2 Å². The van der Waals surface area contributed by atoms with Crippen LogP contribution in [0.15, 0.2) is 6.07 Å². The molecule has 0 aliphatic heterocycles. The summed E-state index contributed by atoms with van der Waals surface area (Å²) in [4.78, 5) is 4.44. The summed E-state index contributed by atoms with van der Waals surface area (Å²) in [5.41, 5.74) is 3.97. The van der Waals surface area contributed by atoms with Crippen LogP contribution < -0.4 is 0 Å². The predicted octanol–water partition coefficient (Wildman–Crippen LogP) is 3.12. The Hall–Kier alpha value is -1.09. The zero-order valence-corrected chi connectivity index (χ0v) is 10.1. The summed E-state index contributed by atoms with van der Waals surface area (Å²) in [6.45, 7) is 8.17. The summed E-state index contributed by atoms with van der Waals surface area (Å²) in [5, 5.41) is 4.90. The Morgan fingerprint density at radius 2 is 2.00 bits per heavy atom. The number of aryl methyl sites for hydroxylation is 2. The molecule has 3 nitrogen and oxygen atoms in total. The average molecular weight is 224 g/mol. The number of fused-ring (bicyclic) bond motifs is 1. The molecule has 0 aliphatic carbocycles. The van der Waals surface area contributed by atoms with Gasteiger partial charge >= 0.3 is 0 Å². The molecule has 0 spiro atoms. The van der Waals surface area contributed by atoms with Crippen LogP contribution >= 0.6 is 11.6 Å². The lowest BCUT2D eigenvalue weighted by Gasteiger charge is -2.07. The summed E-state index contributed by atoms with van der Waals surface area (Å²) in [5.74, 6) is 0.368. The minimum atomic E-state index is 0.368. The van der Waals surface area contributed by atoms with E-state index < -0.39 is 0 Å². The first-order chi connectivity index (χ1) is 7.00. The molecule has 4 heteroatoms. The SMILES string of the molecule is Cc1nc2cc(C(C)C)c(Cl)nn2c1C. The van der Waals surface area contributed by atoms with Gasteiger partial charge in [0.15, 0.2) is 10.8 Å². The maximum Gasteiger partial charge on any atom is 0.154 e. The molecule has 2 rings (SSSR count). The predicted molar refractivity (Wildman–Crippen MR) is 61.6 cm³/mol. The van der Waals surface area contributed by atoms with Gasteiger partial charge in [0.2, 0.25) is 0 Å². The van der Waals surface area contributed by atoms with Crippen LogP contribution in [0.2, 0.25) is 5.15 Å². The van der Waals surface area contributed by atoms with Crippen molar-refractivity contribution in [2.45, 2.75) is 33.6 Å². The van der Waals surface area contributed by atoms with Gasteiger partial charge in [-0.15, -0.1) is 0 Å². The Bertz CT molecular complexity index is 514. The average Bonchev–Trinajstić information content (AvgIpc) is 2.43. The van der Waals surface area contributed by atoms with Crippen LogP contribution in [-0.4, -0.2) is 14.6 Å². The molecule has 0 fully saturated rings. The number of rotatable bonds is 1. The van der Waals surface area contributed by atoms with Gasteiger partial charge in [-0.2, -0.15) is 5.10 Å². The Morgan fingerprint density at radius 3 is 2.60 bits per heavy atom. The Labute approximate surface area is 94.1 Å². The van der Waals surface area contributed by atoms with E-state index in [-0.39, 0.29) is 0 Å². The molecule has 0 saturated carbocycles. The Balaban J connectivity index is 2.76. The molecule has 0 aliphatic rings. The molecule has 0 aromatic carbocycles. The van der Waals surface area contributed by atoms with Crippen LogP contribution in [0.5, 0.6) is 0 Å². The number of hydrogen-bond acceptors (Lipinski definition) is 2. The number of imidazole rings is 1. The van der Waals surface area contributed by atoms with Gasteiger partial charge in [0, 0.05) is 0 Å². The summed E-state index contributed by atoms with van der Waals surface area (Å²) in [6.07, 6.45) is 0. The first-order valence-corrected chi connectivity index (χ1v) is 5.41. The first-order valence-electron chi connectivity index (χ1n) is 5.03. The second-order valence-electron chi connectivity index (χ2n) is 4.10. The second kappa shape index (κ2) is 3.49. The zero-order chi connectivity index (χ0) is 11.2. The number of nitrogens with zero attached hydrogens (tertiary/aromatic N) is 3. The van der Waals surface area contributed by atoms with Crippen LogP contribution in [0, 0.1) is 13.8 Å². The molecule has 2 aromatic heterocycles. The van der Waals surface area contributed by atoms with E-state index in [2.05, 4.69) is 23.9 Å². The van der Waals surface area contributed by atoms with E-state index in [4.69, 9.17) is 11.6 Å². The largest absolute Gasteiger partial charge is 0.232 e. The molecule has 0 bridgehead atoms. The fourth-order valence-corrected chi connectivity index (χ4v) is 1.94. The summed E-state index contributed by atoms with van der Waals surface area (Å²) < 4.78 is 1.80. The van der Waals surface area contributed by atoms with Gasteiger partial charge in [-0.25, -0.2) is 9.50 Å². The van der Waals surface area contributed by atoms with Crippen LogP contribution in [0.25, 0.3) is 5.65 Å². The van der Waals surface area contributed by atoms with Crippen molar-refractivity contribution in [3.05, 3.63) is 28.2 Å². The van der Waals surface area contributed by atoms with E-state index in [1.807, 2.05) is 19.9 Å². The molecule has 0 atom stereocenters. The monoisotopic (exact) mass is 223 g/mol. The molecular weight excluding hydrogens is 210 g/mol. The van der Waals surface area contributed by atoms with E-state index in [1.165, 1.54) is 0 Å². The van der Waals surface area contributed by atoms with E-state index in [1.54, 1.807) is 4.52 Å². The second-order valence-corrected chi connectivity index (χ2v) is 4.46. The highest BCUT2D eigenvalue weighted by molar-refractivity contribution is 6.30. The summed E-state index contributed by atoms with van der Waals surface area (Å²) in [7, 11) is 0. The number of hydrogen-bond donors (Lipinski definition) is 0. The van der Waals surface area contributed by atoms with Crippen molar-refractivity contribution < 1.29 is 0 Å². The third-order valence-electron chi connectivity index (χ3n) is 2.67. The minimum Gasteiger partial charge on any atom is -0.232 e.